The molecule has 9 heteroatoms. The van der Waals surface area contributed by atoms with E-state index < -0.39 is 35.3 Å². The van der Waals surface area contributed by atoms with Gasteiger partial charge in [-0.25, -0.2) is 14.3 Å². The third kappa shape index (κ3) is 5.59. The van der Waals surface area contributed by atoms with E-state index in [1.54, 1.807) is 24.3 Å². The van der Waals surface area contributed by atoms with Crippen LogP contribution in [0.25, 0.3) is 11.1 Å². The second-order valence-corrected chi connectivity index (χ2v) is 7.74. The lowest BCUT2D eigenvalue weighted by Crippen LogP contribution is -2.47. The highest BCUT2D eigenvalue weighted by Crippen LogP contribution is 2.30. The number of amides is 2. The zero-order valence-electron chi connectivity index (χ0n) is 18.3. The molecule has 0 spiro atoms. The van der Waals surface area contributed by atoms with Crippen LogP contribution >= 0.6 is 0 Å². The molecule has 176 valence electrons. The number of carbonyl (C=O) groups excluding carboxylic acids is 1. The van der Waals surface area contributed by atoms with Crippen LogP contribution in [0.15, 0.2) is 95.9 Å². The first-order valence-corrected chi connectivity index (χ1v) is 10.7. The largest absolute Gasteiger partial charge is 0.465 e. The van der Waals surface area contributed by atoms with E-state index in [0.717, 1.165) is 17.2 Å². The molecule has 2 amide bonds. The van der Waals surface area contributed by atoms with Crippen LogP contribution in [-0.2, 0) is 4.79 Å². The maximum atomic E-state index is 14.8. The molecule has 35 heavy (non-hydrogen) atoms. The fourth-order valence-electron chi connectivity index (χ4n) is 3.90. The van der Waals surface area contributed by atoms with Gasteiger partial charge >= 0.3 is 6.09 Å². The van der Waals surface area contributed by atoms with Crippen molar-refractivity contribution in [1.29, 1.82) is 0 Å². The van der Waals surface area contributed by atoms with Gasteiger partial charge in [-0.05, 0) is 29.3 Å². The summed E-state index contributed by atoms with van der Waals surface area (Å²) in [6.07, 6.45) is -0.0554. The Balaban J connectivity index is 1.67. The van der Waals surface area contributed by atoms with Crippen LogP contribution in [0.4, 0.5) is 14.9 Å². The molecule has 0 fully saturated rings. The highest BCUT2D eigenvalue weighted by molar-refractivity contribution is 5.97. The van der Waals surface area contributed by atoms with Crippen LogP contribution in [0, 0.1) is 5.82 Å². The zero-order chi connectivity index (χ0) is 24.8. The molecule has 1 heterocycles. The lowest BCUT2D eigenvalue weighted by Gasteiger charge is -2.27. The summed E-state index contributed by atoms with van der Waals surface area (Å²) in [4.78, 5) is 36.5. The first kappa shape index (κ1) is 23.4. The quantitative estimate of drug-likeness (QED) is 0.324. The maximum absolute atomic E-state index is 14.8. The normalized spacial score (nSPS) is 11.6. The van der Waals surface area contributed by atoms with E-state index >= 15 is 0 Å². The number of aromatic nitrogens is 2. The molecule has 8 nitrogen and oxygen atoms in total. The van der Waals surface area contributed by atoms with E-state index in [2.05, 4.69) is 20.8 Å². The monoisotopic (exact) mass is 472 g/mol. The Morgan fingerprint density at radius 2 is 1.54 bits per heavy atom. The summed E-state index contributed by atoms with van der Waals surface area (Å²) in [5, 5.41) is 20.3. The van der Waals surface area contributed by atoms with E-state index in [-0.39, 0.29) is 16.8 Å². The van der Waals surface area contributed by atoms with Crippen molar-refractivity contribution in [3.8, 4) is 11.1 Å². The van der Waals surface area contributed by atoms with Gasteiger partial charge in [0, 0.05) is 28.8 Å². The summed E-state index contributed by atoms with van der Waals surface area (Å²) >= 11 is 0. The van der Waals surface area contributed by atoms with Gasteiger partial charge in [0.2, 0.25) is 5.91 Å². The highest BCUT2D eigenvalue weighted by atomic mass is 19.1. The van der Waals surface area contributed by atoms with Crippen molar-refractivity contribution < 1.29 is 19.1 Å². The SMILES string of the molecule is O=C(O)NC(C(=O)Nc1ccc(-c2cn[nH]c(=O)c2)c(F)c1)C(c1ccccc1)c1ccccc1. The minimum Gasteiger partial charge on any atom is -0.465 e. The number of H-pyrrole nitrogens is 1. The summed E-state index contributed by atoms with van der Waals surface area (Å²) in [7, 11) is 0. The molecular formula is C26H21FN4O4. The summed E-state index contributed by atoms with van der Waals surface area (Å²) in [5.41, 5.74) is 1.53. The van der Waals surface area contributed by atoms with Gasteiger partial charge in [0.15, 0.2) is 0 Å². The second-order valence-electron chi connectivity index (χ2n) is 7.74. The number of anilines is 1. The number of carbonyl (C=O) groups is 2. The molecule has 0 bridgehead atoms. The molecule has 1 atom stereocenters. The van der Waals surface area contributed by atoms with Crippen LogP contribution in [0.2, 0.25) is 0 Å². The van der Waals surface area contributed by atoms with Gasteiger partial charge in [0.25, 0.3) is 5.56 Å². The van der Waals surface area contributed by atoms with Crippen molar-refractivity contribution in [3.63, 3.8) is 0 Å². The average molecular weight is 472 g/mol. The predicted molar refractivity (Wildman–Crippen MR) is 129 cm³/mol. The molecule has 4 rings (SSSR count). The van der Waals surface area contributed by atoms with Gasteiger partial charge in [0.05, 0.1) is 6.20 Å². The van der Waals surface area contributed by atoms with E-state index in [1.165, 1.54) is 24.4 Å². The molecule has 3 aromatic carbocycles. The summed E-state index contributed by atoms with van der Waals surface area (Å²) in [6.45, 7) is 0. The molecule has 1 aromatic heterocycles. The fraction of sp³-hybridized carbons (Fsp3) is 0.0769. The third-order valence-corrected chi connectivity index (χ3v) is 5.42. The first-order valence-electron chi connectivity index (χ1n) is 10.7. The lowest BCUT2D eigenvalue weighted by molar-refractivity contribution is -0.118. The highest BCUT2D eigenvalue weighted by Gasteiger charge is 2.32. The number of aromatic amines is 1. The van der Waals surface area contributed by atoms with Crippen molar-refractivity contribution in [2.75, 3.05) is 5.32 Å². The topological polar surface area (TPSA) is 124 Å². The third-order valence-electron chi connectivity index (χ3n) is 5.42. The Hall–Kier alpha value is -4.79. The Bertz CT molecular complexity index is 1350. The van der Waals surface area contributed by atoms with Crippen molar-refractivity contribution >= 4 is 17.7 Å². The molecule has 0 saturated heterocycles. The standard InChI is InChI=1S/C26H21FN4O4/c27-21-14-19(11-12-20(21)18-13-22(32)31-28-15-18)29-25(33)24(30-26(34)35)23(16-7-3-1-4-8-16)17-9-5-2-6-10-17/h1-15,23-24,30H,(H,29,33)(H,31,32)(H,34,35). The summed E-state index contributed by atoms with van der Waals surface area (Å²) < 4.78 is 14.8. The van der Waals surface area contributed by atoms with Gasteiger partial charge in [-0.15, -0.1) is 0 Å². The number of hydrogen-bond donors (Lipinski definition) is 4. The minimum atomic E-state index is -1.37. The number of halogens is 1. The van der Waals surface area contributed by atoms with E-state index in [4.69, 9.17) is 0 Å². The number of nitrogens with one attached hydrogen (secondary N) is 3. The van der Waals surface area contributed by atoms with Gasteiger partial charge in [-0.2, -0.15) is 5.10 Å². The number of rotatable bonds is 7. The molecule has 4 aromatic rings. The van der Waals surface area contributed by atoms with Crippen LogP contribution in [0.5, 0.6) is 0 Å². The predicted octanol–water partition coefficient (Wildman–Crippen LogP) is 3.98. The van der Waals surface area contributed by atoms with E-state index in [9.17, 15) is 23.9 Å². The summed E-state index contributed by atoms with van der Waals surface area (Å²) in [6, 6.07) is 22.1. The second kappa shape index (κ2) is 10.4. The molecule has 4 N–H and O–H groups in total. The Morgan fingerprint density at radius 1 is 0.914 bits per heavy atom. The number of benzene rings is 3. The number of hydrogen-bond acceptors (Lipinski definition) is 4. The zero-order valence-corrected chi connectivity index (χ0v) is 18.3. The average Bonchev–Trinajstić information content (AvgIpc) is 2.85. The van der Waals surface area contributed by atoms with Gasteiger partial charge in [-0.1, -0.05) is 60.7 Å². The summed E-state index contributed by atoms with van der Waals surface area (Å²) in [5.74, 6) is -1.98. The minimum absolute atomic E-state index is 0.131. The molecule has 0 aliphatic carbocycles. The maximum Gasteiger partial charge on any atom is 0.405 e. The molecule has 0 aliphatic heterocycles. The van der Waals surface area contributed by atoms with Crippen molar-refractivity contribution in [2.24, 2.45) is 0 Å². The Kier molecular flexibility index (Phi) is 6.96. The Morgan fingerprint density at radius 3 is 2.09 bits per heavy atom. The van der Waals surface area contributed by atoms with Gasteiger partial charge < -0.3 is 15.7 Å². The lowest BCUT2D eigenvalue weighted by atomic mass is 9.84. The first-order chi connectivity index (χ1) is 16.9. The number of carboxylic acid groups (broad SMARTS) is 1. The van der Waals surface area contributed by atoms with Crippen LogP contribution < -0.4 is 16.2 Å². The molecule has 0 saturated carbocycles. The molecule has 1 unspecified atom stereocenters. The van der Waals surface area contributed by atoms with E-state index in [1.807, 2.05) is 36.4 Å². The van der Waals surface area contributed by atoms with E-state index in [0.29, 0.717) is 0 Å². The fourth-order valence-corrected chi connectivity index (χ4v) is 3.90. The van der Waals surface area contributed by atoms with Crippen molar-refractivity contribution in [1.82, 2.24) is 15.5 Å². The van der Waals surface area contributed by atoms with Crippen LogP contribution in [-0.4, -0.2) is 33.3 Å². The molecule has 0 aliphatic rings. The van der Waals surface area contributed by atoms with Crippen molar-refractivity contribution in [2.45, 2.75) is 12.0 Å². The van der Waals surface area contributed by atoms with Crippen LogP contribution in [0.1, 0.15) is 17.0 Å². The van der Waals surface area contributed by atoms with Gasteiger partial charge in [0.1, 0.15) is 11.9 Å². The molecular weight excluding hydrogens is 451 g/mol. The molecule has 0 radical (unpaired) electrons. The number of nitrogens with zero attached hydrogens (tertiary/aromatic N) is 1. The smallest absolute Gasteiger partial charge is 0.405 e. The van der Waals surface area contributed by atoms with Gasteiger partial charge in [-0.3, -0.25) is 9.59 Å². The van der Waals surface area contributed by atoms with Crippen LogP contribution in [0.3, 0.4) is 0 Å². The van der Waals surface area contributed by atoms with Crippen molar-refractivity contribution in [3.05, 3.63) is 118 Å². The Labute approximate surface area is 199 Å².